The van der Waals surface area contributed by atoms with Crippen LogP contribution in [0.5, 0.6) is 0 Å². The van der Waals surface area contributed by atoms with Crippen molar-refractivity contribution in [1.82, 2.24) is 44.0 Å². The average Bonchev–Trinajstić information content (AvgIpc) is 4.17. The van der Waals surface area contributed by atoms with E-state index in [1.54, 1.807) is 6.20 Å². The van der Waals surface area contributed by atoms with E-state index in [2.05, 4.69) is 6.07 Å². The molecule has 13 heteroatoms. The van der Waals surface area contributed by atoms with Gasteiger partial charge in [0, 0.05) is 60.5 Å². The molecular formula is C67H39F3N10. The Kier molecular flexibility index (Phi) is 11.4. The number of hydrogen-bond donors (Lipinski definition) is 0. The number of hydrogen-bond acceptors (Lipinski definition) is 8. The molecule has 378 valence electrons. The molecule has 0 spiro atoms. The summed E-state index contributed by atoms with van der Waals surface area (Å²) < 4.78 is 48.7. The minimum atomic E-state index is -4.75. The Morgan fingerprint density at radius 2 is 0.738 bits per heavy atom. The third kappa shape index (κ3) is 8.44. The van der Waals surface area contributed by atoms with Gasteiger partial charge in [-0.1, -0.05) is 158 Å². The van der Waals surface area contributed by atoms with Crippen molar-refractivity contribution in [2.24, 2.45) is 0 Å². The lowest BCUT2D eigenvalue weighted by atomic mass is 9.99. The van der Waals surface area contributed by atoms with Crippen LogP contribution in [-0.4, -0.2) is 44.0 Å². The van der Waals surface area contributed by atoms with E-state index >= 15 is 0 Å². The van der Waals surface area contributed by atoms with Gasteiger partial charge in [0.1, 0.15) is 5.82 Å². The van der Waals surface area contributed by atoms with E-state index in [1.807, 2.05) is 221 Å². The smallest absolute Gasteiger partial charge is 0.307 e. The number of aromatic nitrogens is 9. The number of halogens is 3. The molecule has 0 radical (unpaired) electrons. The molecule has 0 aliphatic heterocycles. The van der Waals surface area contributed by atoms with Gasteiger partial charge in [0.2, 0.25) is 0 Å². The maximum absolute atomic E-state index is 14.9. The molecular weight excluding hydrogens is 1000 g/mol. The Morgan fingerprint density at radius 3 is 1.18 bits per heavy atom. The fraction of sp³-hybridized carbons (Fsp3) is 0.0149. The molecule has 0 aliphatic rings. The fourth-order valence-electron chi connectivity index (χ4n) is 10.6. The van der Waals surface area contributed by atoms with E-state index in [4.69, 9.17) is 34.9 Å². The molecule has 0 fully saturated rings. The van der Waals surface area contributed by atoms with Crippen LogP contribution < -0.4 is 0 Å². The summed E-state index contributed by atoms with van der Waals surface area (Å²) in [7, 11) is 0. The van der Waals surface area contributed by atoms with Crippen molar-refractivity contribution in [3.63, 3.8) is 0 Å². The summed E-state index contributed by atoms with van der Waals surface area (Å²) in [5, 5.41) is 13.8. The highest BCUT2D eigenvalue weighted by Crippen LogP contribution is 2.42. The SMILES string of the molecule is N#Cc1cc(-c2cc(-n3c4ccccc4c4cc(-c5nc(-c6ccccc6)nc(-c6ccccc6)n5)ccc43)ncc2-n2c3ccccc3c3cc(-c4nc(-c5ccccc5)nc(-c5ccccc5)n4)ccc32)cc(C(F)(F)F)c1. The maximum Gasteiger partial charge on any atom is 0.416 e. The van der Waals surface area contributed by atoms with E-state index in [-0.39, 0.29) is 11.1 Å². The molecule has 0 saturated carbocycles. The number of nitriles is 1. The molecule has 0 saturated heterocycles. The Bertz CT molecular complexity index is 4650. The zero-order valence-corrected chi connectivity index (χ0v) is 42.1. The van der Waals surface area contributed by atoms with Crippen LogP contribution in [0.1, 0.15) is 11.1 Å². The fourth-order valence-corrected chi connectivity index (χ4v) is 10.6. The molecule has 10 nitrogen and oxygen atoms in total. The minimum Gasteiger partial charge on any atom is -0.307 e. The first-order valence-electron chi connectivity index (χ1n) is 25.7. The Balaban J connectivity index is 0.965. The molecule has 0 N–H and O–H groups in total. The molecule has 14 rings (SSSR count). The van der Waals surface area contributed by atoms with E-state index in [0.717, 1.165) is 89.1 Å². The Hall–Kier alpha value is -11.0. The van der Waals surface area contributed by atoms with Crippen LogP contribution >= 0.6 is 0 Å². The van der Waals surface area contributed by atoms with Gasteiger partial charge in [0.25, 0.3) is 0 Å². The number of rotatable bonds is 9. The third-order valence-electron chi connectivity index (χ3n) is 14.3. The van der Waals surface area contributed by atoms with Gasteiger partial charge in [0.05, 0.1) is 51.1 Å². The standard InChI is InChI=1S/C67H39F3N10/c68-67(69,70)49-34-41(39-71)33-48(35-49)52-38-60(80-56-28-16-14-26-51(56)54-37-47(30-32-58(54)80)66-77-63(44-21-9-3-10-22-44)74-64(78-66)45-23-11-4-12-24-45)72-40-59(52)79-55-27-15-13-25-50(55)53-36-46(29-31-57(53)79)65-75-61(42-17-5-1-6-18-42)73-62(76-65)43-19-7-2-8-20-43/h1-38,40H. The summed E-state index contributed by atoms with van der Waals surface area (Å²) in [6, 6.07) is 74.2. The van der Waals surface area contributed by atoms with Crippen LogP contribution in [0.2, 0.25) is 0 Å². The second kappa shape index (κ2) is 19.2. The van der Waals surface area contributed by atoms with Crippen LogP contribution in [-0.2, 0) is 6.18 Å². The van der Waals surface area contributed by atoms with Crippen molar-refractivity contribution in [3.05, 3.63) is 248 Å². The number of alkyl halides is 3. The first-order chi connectivity index (χ1) is 39.2. The van der Waals surface area contributed by atoms with Crippen LogP contribution in [0, 0.1) is 11.3 Å². The zero-order chi connectivity index (χ0) is 53.9. The minimum absolute atomic E-state index is 0.137. The monoisotopic (exact) mass is 1040 g/mol. The van der Waals surface area contributed by atoms with Gasteiger partial charge >= 0.3 is 6.18 Å². The second-order valence-electron chi connectivity index (χ2n) is 19.2. The van der Waals surface area contributed by atoms with Crippen molar-refractivity contribution in [3.8, 4) is 97.0 Å². The molecule has 14 aromatic rings. The molecule has 0 unspecified atom stereocenters. The third-order valence-corrected chi connectivity index (χ3v) is 14.3. The van der Waals surface area contributed by atoms with Crippen molar-refractivity contribution < 1.29 is 13.2 Å². The highest BCUT2D eigenvalue weighted by Gasteiger charge is 2.32. The van der Waals surface area contributed by atoms with E-state index in [0.29, 0.717) is 52.0 Å². The quantitative estimate of drug-likeness (QED) is 0.140. The van der Waals surface area contributed by atoms with Crippen molar-refractivity contribution >= 4 is 43.6 Å². The normalized spacial score (nSPS) is 11.7. The summed E-state index contributed by atoms with van der Waals surface area (Å²) in [6.07, 6.45) is -3.04. The number of para-hydroxylation sites is 2. The molecule has 5 aromatic heterocycles. The van der Waals surface area contributed by atoms with Gasteiger partial charge in [-0.05, 0) is 78.4 Å². The molecule has 0 amide bonds. The highest BCUT2D eigenvalue weighted by molar-refractivity contribution is 6.12. The summed E-state index contributed by atoms with van der Waals surface area (Å²) in [5.41, 5.74) is 8.01. The maximum atomic E-state index is 14.9. The van der Waals surface area contributed by atoms with Gasteiger partial charge in [-0.2, -0.15) is 18.4 Å². The lowest BCUT2D eigenvalue weighted by Crippen LogP contribution is -2.07. The number of benzene rings is 9. The van der Waals surface area contributed by atoms with Gasteiger partial charge in [-0.15, -0.1) is 0 Å². The Morgan fingerprint density at radius 1 is 0.350 bits per heavy atom. The van der Waals surface area contributed by atoms with E-state index < -0.39 is 11.7 Å². The first-order valence-corrected chi connectivity index (χ1v) is 25.7. The van der Waals surface area contributed by atoms with Gasteiger partial charge < -0.3 is 4.57 Å². The van der Waals surface area contributed by atoms with Crippen molar-refractivity contribution in [2.75, 3.05) is 0 Å². The van der Waals surface area contributed by atoms with Crippen molar-refractivity contribution in [2.45, 2.75) is 6.18 Å². The molecule has 0 bridgehead atoms. The summed E-state index contributed by atoms with van der Waals surface area (Å²) >= 11 is 0. The lowest BCUT2D eigenvalue weighted by Gasteiger charge is -2.18. The zero-order valence-electron chi connectivity index (χ0n) is 42.1. The number of pyridine rings is 1. The predicted molar refractivity (Wildman–Crippen MR) is 307 cm³/mol. The molecule has 9 aromatic carbocycles. The van der Waals surface area contributed by atoms with Gasteiger partial charge in [-0.25, -0.2) is 34.9 Å². The lowest BCUT2D eigenvalue weighted by molar-refractivity contribution is -0.137. The van der Waals surface area contributed by atoms with Gasteiger partial charge in [0.15, 0.2) is 34.9 Å². The van der Waals surface area contributed by atoms with E-state index in [1.165, 1.54) is 6.07 Å². The molecule has 0 aliphatic carbocycles. The highest BCUT2D eigenvalue weighted by atomic mass is 19.4. The topological polar surface area (TPSA) is 124 Å². The van der Waals surface area contributed by atoms with E-state index in [9.17, 15) is 18.4 Å². The molecule has 0 atom stereocenters. The number of fused-ring (bicyclic) bond motifs is 6. The summed E-state index contributed by atoms with van der Waals surface area (Å²) in [6.45, 7) is 0. The van der Waals surface area contributed by atoms with Crippen LogP contribution in [0.15, 0.2) is 237 Å². The van der Waals surface area contributed by atoms with Crippen molar-refractivity contribution in [1.29, 1.82) is 5.26 Å². The van der Waals surface area contributed by atoms with Crippen LogP contribution in [0.3, 0.4) is 0 Å². The van der Waals surface area contributed by atoms with Gasteiger partial charge in [-0.3, -0.25) is 4.57 Å². The van der Waals surface area contributed by atoms with Crippen LogP contribution in [0.4, 0.5) is 13.2 Å². The average molecular weight is 1040 g/mol. The van der Waals surface area contributed by atoms with Crippen LogP contribution in [0.25, 0.3) is 135 Å². The summed E-state index contributed by atoms with van der Waals surface area (Å²) in [5.74, 6) is 3.50. The summed E-state index contributed by atoms with van der Waals surface area (Å²) in [4.78, 5) is 35.0. The number of nitrogens with zero attached hydrogens (tertiary/aromatic N) is 10. The first kappa shape index (κ1) is 47.5. The Labute approximate surface area is 455 Å². The molecule has 80 heavy (non-hydrogen) atoms. The second-order valence-corrected chi connectivity index (χ2v) is 19.2. The molecule has 5 heterocycles. The predicted octanol–water partition coefficient (Wildman–Crippen LogP) is 16.2. The largest absolute Gasteiger partial charge is 0.416 e.